The number of halogens is 1. The number of alkyl halides is 1. The molecular weight excluding hydrogens is 208 g/mol. The Morgan fingerprint density at radius 3 is 2.55 bits per heavy atom. The Morgan fingerprint density at radius 1 is 1.55 bits per heavy atom. The van der Waals surface area contributed by atoms with Crippen LogP contribution in [0.25, 0.3) is 0 Å². The summed E-state index contributed by atoms with van der Waals surface area (Å²) in [4.78, 5) is 18.6. The van der Waals surface area contributed by atoms with Gasteiger partial charge in [0, 0.05) is 12.4 Å². The monoisotopic (exact) mass is 214 g/mol. The maximum Gasteiger partial charge on any atom is 0.213 e. The lowest BCUT2D eigenvalue weighted by Gasteiger charge is -1.98. The van der Waals surface area contributed by atoms with Crippen molar-refractivity contribution >= 4 is 21.7 Å². The molecule has 0 amide bonds. The summed E-state index contributed by atoms with van der Waals surface area (Å²) in [6.45, 7) is 1.75. The molecule has 3 nitrogen and oxygen atoms in total. The number of aromatic nitrogens is 2. The van der Waals surface area contributed by atoms with Crippen molar-refractivity contribution in [3.05, 3.63) is 24.3 Å². The Labute approximate surface area is 73.0 Å². The third-order valence-corrected chi connectivity index (χ3v) is 1.56. The van der Waals surface area contributed by atoms with Crippen molar-refractivity contribution in [2.24, 2.45) is 0 Å². The number of carbonyl (C=O) groups excluding carboxylic acids is 1. The van der Waals surface area contributed by atoms with E-state index >= 15 is 0 Å². The molecule has 1 aromatic heterocycles. The Bertz CT molecular complexity index is 248. The molecule has 0 aliphatic heterocycles. The summed E-state index contributed by atoms with van der Waals surface area (Å²) in [5.41, 5.74) is 0. The standard InChI is InChI=1S/C7H7BrN2O/c1-5(8)6(11)7-9-3-2-4-10-7/h2-5H,1H3/t5-/m0/s1. The van der Waals surface area contributed by atoms with Crippen molar-refractivity contribution in [1.82, 2.24) is 9.97 Å². The van der Waals surface area contributed by atoms with Gasteiger partial charge in [0.25, 0.3) is 0 Å². The van der Waals surface area contributed by atoms with Gasteiger partial charge in [0.1, 0.15) is 0 Å². The maximum atomic E-state index is 11.2. The Balaban J connectivity index is 2.86. The summed E-state index contributed by atoms with van der Waals surface area (Å²) >= 11 is 3.15. The fourth-order valence-electron chi connectivity index (χ4n) is 0.604. The van der Waals surface area contributed by atoms with Crippen LogP contribution in [0, 0.1) is 0 Å². The van der Waals surface area contributed by atoms with Gasteiger partial charge in [-0.3, -0.25) is 4.79 Å². The summed E-state index contributed by atoms with van der Waals surface area (Å²) in [6.07, 6.45) is 3.10. The van der Waals surface area contributed by atoms with Gasteiger partial charge in [-0.1, -0.05) is 15.9 Å². The Morgan fingerprint density at radius 2 is 2.09 bits per heavy atom. The largest absolute Gasteiger partial charge is 0.289 e. The molecule has 1 rings (SSSR count). The minimum Gasteiger partial charge on any atom is -0.289 e. The van der Waals surface area contributed by atoms with Gasteiger partial charge in [-0.05, 0) is 13.0 Å². The number of Topliss-reactive ketones (excluding diaryl/α,β-unsaturated/α-hetero) is 1. The predicted molar refractivity (Wildman–Crippen MR) is 44.8 cm³/mol. The van der Waals surface area contributed by atoms with E-state index in [2.05, 4.69) is 25.9 Å². The molecule has 0 bridgehead atoms. The van der Waals surface area contributed by atoms with Crippen molar-refractivity contribution in [2.45, 2.75) is 11.8 Å². The number of ketones is 1. The maximum absolute atomic E-state index is 11.2. The second-order valence-corrected chi connectivity index (χ2v) is 3.43. The van der Waals surface area contributed by atoms with Gasteiger partial charge in [0.05, 0.1) is 4.83 Å². The average molecular weight is 215 g/mol. The molecule has 58 valence electrons. The van der Waals surface area contributed by atoms with Gasteiger partial charge in [-0.25, -0.2) is 9.97 Å². The predicted octanol–water partition coefficient (Wildman–Crippen LogP) is 1.44. The minimum absolute atomic E-state index is 0.0920. The van der Waals surface area contributed by atoms with Crippen LogP contribution in [0.15, 0.2) is 18.5 Å². The second kappa shape index (κ2) is 3.57. The van der Waals surface area contributed by atoms with E-state index in [1.54, 1.807) is 25.4 Å². The molecule has 0 saturated carbocycles. The smallest absolute Gasteiger partial charge is 0.213 e. The number of carbonyl (C=O) groups is 1. The number of rotatable bonds is 2. The van der Waals surface area contributed by atoms with Crippen LogP contribution in [-0.4, -0.2) is 20.6 Å². The SMILES string of the molecule is C[C@H](Br)C(=O)c1ncccn1. The van der Waals surface area contributed by atoms with E-state index in [1.165, 1.54) is 0 Å². The highest BCUT2D eigenvalue weighted by Crippen LogP contribution is 2.03. The van der Waals surface area contributed by atoms with Crippen LogP contribution >= 0.6 is 15.9 Å². The van der Waals surface area contributed by atoms with Gasteiger partial charge in [0.2, 0.25) is 5.78 Å². The lowest BCUT2D eigenvalue weighted by Crippen LogP contribution is -2.13. The van der Waals surface area contributed by atoms with Gasteiger partial charge in [0.15, 0.2) is 5.82 Å². The van der Waals surface area contributed by atoms with Crippen LogP contribution in [0.3, 0.4) is 0 Å². The molecule has 0 fully saturated rings. The molecule has 1 atom stereocenters. The van der Waals surface area contributed by atoms with Crippen molar-refractivity contribution in [3.8, 4) is 0 Å². The first kappa shape index (κ1) is 8.33. The number of hydrogen-bond acceptors (Lipinski definition) is 3. The summed E-state index contributed by atoms with van der Waals surface area (Å²) in [5.74, 6) is 0.169. The fraction of sp³-hybridized carbons (Fsp3) is 0.286. The van der Waals surface area contributed by atoms with Crippen molar-refractivity contribution in [2.75, 3.05) is 0 Å². The quantitative estimate of drug-likeness (QED) is 0.553. The van der Waals surface area contributed by atoms with Crippen molar-refractivity contribution < 1.29 is 4.79 Å². The van der Waals surface area contributed by atoms with Crippen LogP contribution in [0.2, 0.25) is 0 Å². The summed E-state index contributed by atoms with van der Waals surface area (Å²) in [7, 11) is 0. The van der Waals surface area contributed by atoms with E-state index in [4.69, 9.17) is 0 Å². The number of hydrogen-bond donors (Lipinski definition) is 0. The third kappa shape index (κ3) is 2.08. The zero-order valence-corrected chi connectivity index (χ0v) is 7.58. The van der Waals surface area contributed by atoms with Gasteiger partial charge in [-0.15, -0.1) is 0 Å². The molecule has 0 radical (unpaired) electrons. The molecule has 0 aliphatic carbocycles. The first-order valence-corrected chi connectivity index (χ1v) is 4.08. The first-order chi connectivity index (χ1) is 5.22. The molecule has 0 aromatic carbocycles. The highest BCUT2D eigenvalue weighted by molar-refractivity contribution is 9.10. The molecule has 4 heteroatoms. The van der Waals surface area contributed by atoms with Gasteiger partial charge >= 0.3 is 0 Å². The van der Waals surface area contributed by atoms with Crippen molar-refractivity contribution in [1.29, 1.82) is 0 Å². The summed E-state index contributed by atoms with van der Waals surface area (Å²) in [6, 6.07) is 1.68. The molecule has 1 heterocycles. The first-order valence-electron chi connectivity index (χ1n) is 3.17. The third-order valence-electron chi connectivity index (χ3n) is 1.15. The molecular formula is C7H7BrN2O. The van der Waals surface area contributed by atoms with E-state index < -0.39 is 0 Å². The summed E-state index contributed by atoms with van der Waals surface area (Å²) < 4.78 is 0. The van der Waals surface area contributed by atoms with E-state index in [9.17, 15) is 4.79 Å². The molecule has 0 aliphatic rings. The molecule has 0 saturated heterocycles. The lowest BCUT2D eigenvalue weighted by atomic mass is 10.3. The van der Waals surface area contributed by atoms with Gasteiger partial charge in [-0.2, -0.15) is 0 Å². The van der Waals surface area contributed by atoms with Crippen LogP contribution in [0.5, 0.6) is 0 Å². The highest BCUT2D eigenvalue weighted by Gasteiger charge is 2.13. The zero-order chi connectivity index (χ0) is 8.27. The van der Waals surface area contributed by atoms with E-state index in [-0.39, 0.29) is 16.4 Å². The van der Waals surface area contributed by atoms with Crippen LogP contribution < -0.4 is 0 Å². The molecule has 0 unspecified atom stereocenters. The zero-order valence-electron chi connectivity index (χ0n) is 5.99. The fourth-order valence-corrected chi connectivity index (χ4v) is 0.809. The average Bonchev–Trinajstić information content (AvgIpc) is 2.05. The molecule has 0 N–H and O–H groups in total. The normalized spacial score (nSPS) is 12.5. The van der Waals surface area contributed by atoms with E-state index in [0.29, 0.717) is 0 Å². The molecule has 11 heavy (non-hydrogen) atoms. The Kier molecular flexibility index (Phi) is 2.70. The molecule has 0 spiro atoms. The van der Waals surface area contributed by atoms with E-state index in [1.807, 2.05) is 0 Å². The highest BCUT2D eigenvalue weighted by atomic mass is 79.9. The summed E-state index contributed by atoms with van der Waals surface area (Å²) in [5, 5.41) is 0. The van der Waals surface area contributed by atoms with Crippen LogP contribution in [0.4, 0.5) is 0 Å². The molecule has 1 aromatic rings. The number of nitrogens with zero attached hydrogens (tertiary/aromatic N) is 2. The second-order valence-electron chi connectivity index (χ2n) is 2.05. The van der Waals surface area contributed by atoms with Gasteiger partial charge < -0.3 is 0 Å². The topological polar surface area (TPSA) is 42.9 Å². The van der Waals surface area contributed by atoms with Crippen LogP contribution in [-0.2, 0) is 0 Å². The lowest BCUT2D eigenvalue weighted by molar-refractivity contribution is 0.0986. The van der Waals surface area contributed by atoms with E-state index in [0.717, 1.165) is 0 Å². The van der Waals surface area contributed by atoms with Crippen molar-refractivity contribution in [3.63, 3.8) is 0 Å². The van der Waals surface area contributed by atoms with Crippen LogP contribution in [0.1, 0.15) is 17.5 Å². The minimum atomic E-state index is -0.218. The Hall–Kier alpha value is -0.770.